The molecule has 5 nitrogen and oxygen atoms in total. The van der Waals surface area contributed by atoms with Crippen LogP contribution in [0.1, 0.15) is 5.56 Å². The highest BCUT2D eigenvalue weighted by Gasteiger charge is 2.00. The fraction of sp³-hybridized carbons (Fsp3) is 0.188. The molecular formula is C16H18N4O. The lowest BCUT2D eigenvalue weighted by Gasteiger charge is -2.13. The second-order valence-corrected chi connectivity index (χ2v) is 5.25. The maximum absolute atomic E-state index is 11.2. The SMILES string of the molecule is CN(C)c1ccc(CNc2ccc3[nH]c(=O)[nH]c3c2)cc1. The van der Waals surface area contributed by atoms with Gasteiger partial charge in [-0.05, 0) is 35.9 Å². The van der Waals surface area contributed by atoms with Crippen LogP contribution in [-0.2, 0) is 6.54 Å². The number of benzene rings is 2. The van der Waals surface area contributed by atoms with E-state index in [1.807, 2.05) is 32.3 Å². The number of fused-ring (bicyclic) bond motifs is 1. The molecule has 0 unspecified atom stereocenters. The first-order valence-corrected chi connectivity index (χ1v) is 6.84. The van der Waals surface area contributed by atoms with Crippen molar-refractivity contribution in [1.29, 1.82) is 0 Å². The van der Waals surface area contributed by atoms with Crippen LogP contribution in [-0.4, -0.2) is 24.1 Å². The van der Waals surface area contributed by atoms with Crippen molar-refractivity contribution in [2.45, 2.75) is 6.54 Å². The third-order valence-electron chi connectivity index (χ3n) is 3.47. The predicted molar refractivity (Wildman–Crippen MR) is 87.0 cm³/mol. The summed E-state index contributed by atoms with van der Waals surface area (Å²) in [6.45, 7) is 0.744. The topological polar surface area (TPSA) is 63.9 Å². The molecule has 3 aromatic rings. The van der Waals surface area contributed by atoms with Crippen molar-refractivity contribution in [3.8, 4) is 0 Å². The summed E-state index contributed by atoms with van der Waals surface area (Å²) in [7, 11) is 4.06. The van der Waals surface area contributed by atoms with Gasteiger partial charge in [0.2, 0.25) is 0 Å². The Bertz CT molecular complexity index is 799. The standard InChI is InChI=1S/C16H18N4O/c1-20(2)13-6-3-11(4-7-13)10-17-12-5-8-14-15(9-12)19-16(21)18-14/h3-9,17H,10H2,1-2H3,(H2,18,19,21). The summed E-state index contributed by atoms with van der Waals surface area (Å²) in [5, 5.41) is 3.36. The number of hydrogen-bond acceptors (Lipinski definition) is 3. The predicted octanol–water partition coefficient (Wildman–Crippen LogP) is 2.53. The van der Waals surface area contributed by atoms with Crippen molar-refractivity contribution < 1.29 is 0 Å². The van der Waals surface area contributed by atoms with E-state index in [1.54, 1.807) is 0 Å². The Morgan fingerprint density at radius 2 is 1.71 bits per heavy atom. The van der Waals surface area contributed by atoms with E-state index < -0.39 is 0 Å². The lowest BCUT2D eigenvalue weighted by Crippen LogP contribution is -2.08. The molecule has 0 radical (unpaired) electrons. The summed E-state index contributed by atoms with van der Waals surface area (Å²) in [5.41, 5.74) is 4.83. The van der Waals surface area contributed by atoms with Gasteiger partial charge in [-0.1, -0.05) is 12.1 Å². The zero-order valence-electron chi connectivity index (χ0n) is 12.1. The molecule has 1 aromatic heterocycles. The maximum Gasteiger partial charge on any atom is 0.323 e. The van der Waals surface area contributed by atoms with Crippen LogP contribution in [0, 0.1) is 0 Å². The third kappa shape index (κ3) is 2.91. The highest BCUT2D eigenvalue weighted by Crippen LogP contribution is 2.17. The number of hydrogen-bond donors (Lipinski definition) is 3. The number of nitrogens with zero attached hydrogens (tertiary/aromatic N) is 1. The van der Waals surface area contributed by atoms with E-state index in [2.05, 4.69) is 44.5 Å². The molecule has 3 N–H and O–H groups in total. The van der Waals surface area contributed by atoms with E-state index >= 15 is 0 Å². The summed E-state index contributed by atoms with van der Waals surface area (Å²) >= 11 is 0. The van der Waals surface area contributed by atoms with Crippen molar-refractivity contribution in [3.63, 3.8) is 0 Å². The normalized spacial score (nSPS) is 10.8. The molecule has 0 aliphatic heterocycles. The fourth-order valence-electron chi connectivity index (χ4n) is 2.26. The van der Waals surface area contributed by atoms with E-state index in [0.717, 1.165) is 23.3 Å². The van der Waals surface area contributed by atoms with Crippen LogP contribution < -0.4 is 15.9 Å². The van der Waals surface area contributed by atoms with Gasteiger partial charge in [-0.3, -0.25) is 0 Å². The van der Waals surface area contributed by atoms with Crippen molar-refractivity contribution in [1.82, 2.24) is 9.97 Å². The number of aromatic amines is 2. The Labute approximate surface area is 122 Å². The second-order valence-electron chi connectivity index (χ2n) is 5.25. The average Bonchev–Trinajstić information content (AvgIpc) is 2.84. The van der Waals surface area contributed by atoms with Gasteiger partial charge in [0.1, 0.15) is 0 Å². The zero-order chi connectivity index (χ0) is 14.8. The Balaban J connectivity index is 1.72. The lowest BCUT2D eigenvalue weighted by molar-refractivity contribution is 1.11. The number of nitrogens with one attached hydrogen (secondary N) is 3. The van der Waals surface area contributed by atoms with Crippen molar-refractivity contribution >= 4 is 22.4 Å². The van der Waals surface area contributed by atoms with Crippen molar-refractivity contribution in [2.75, 3.05) is 24.3 Å². The zero-order valence-corrected chi connectivity index (χ0v) is 12.1. The highest BCUT2D eigenvalue weighted by molar-refractivity contribution is 5.78. The first-order chi connectivity index (χ1) is 10.1. The molecule has 1 heterocycles. The Kier molecular flexibility index (Phi) is 3.39. The minimum atomic E-state index is -0.179. The smallest absolute Gasteiger partial charge is 0.323 e. The second kappa shape index (κ2) is 5.36. The lowest BCUT2D eigenvalue weighted by atomic mass is 10.2. The monoisotopic (exact) mass is 282 g/mol. The summed E-state index contributed by atoms with van der Waals surface area (Å²) < 4.78 is 0. The number of aromatic nitrogens is 2. The Hall–Kier alpha value is -2.69. The molecule has 0 saturated carbocycles. The molecule has 3 rings (SSSR count). The Morgan fingerprint density at radius 3 is 2.43 bits per heavy atom. The van der Waals surface area contributed by atoms with Crippen LogP contribution in [0.25, 0.3) is 11.0 Å². The minimum absolute atomic E-state index is 0.179. The van der Waals surface area contributed by atoms with E-state index in [-0.39, 0.29) is 5.69 Å². The molecule has 0 atom stereocenters. The van der Waals surface area contributed by atoms with Crippen LogP contribution >= 0.6 is 0 Å². The molecular weight excluding hydrogens is 264 g/mol. The molecule has 5 heteroatoms. The van der Waals surface area contributed by atoms with Crippen LogP contribution in [0.2, 0.25) is 0 Å². The minimum Gasteiger partial charge on any atom is -0.381 e. The third-order valence-corrected chi connectivity index (χ3v) is 3.47. The van der Waals surface area contributed by atoms with Crippen molar-refractivity contribution in [2.24, 2.45) is 0 Å². The molecule has 21 heavy (non-hydrogen) atoms. The van der Waals surface area contributed by atoms with Gasteiger partial charge in [-0.2, -0.15) is 0 Å². The Morgan fingerprint density at radius 1 is 1.00 bits per heavy atom. The largest absolute Gasteiger partial charge is 0.381 e. The van der Waals surface area contributed by atoms with Gasteiger partial charge in [0.05, 0.1) is 11.0 Å². The molecule has 0 amide bonds. The molecule has 0 spiro atoms. The molecule has 108 valence electrons. The number of H-pyrrole nitrogens is 2. The summed E-state index contributed by atoms with van der Waals surface area (Å²) in [5.74, 6) is 0. The number of anilines is 2. The van der Waals surface area contributed by atoms with E-state index in [1.165, 1.54) is 11.3 Å². The highest BCUT2D eigenvalue weighted by atomic mass is 16.1. The van der Waals surface area contributed by atoms with Gasteiger partial charge < -0.3 is 20.2 Å². The van der Waals surface area contributed by atoms with Gasteiger partial charge in [0, 0.05) is 32.0 Å². The molecule has 0 saturated heterocycles. The van der Waals surface area contributed by atoms with Gasteiger partial charge in [-0.15, -0.1) is 0 Å². The van der Waals surface area contributed by atoms with Crippen LogP contribution in [0.15, 0.2) is 47.3 Å². The summed E-state index contributed by atoms with van der Waals surface area (Å²) in [6.07, 6.45) is 0. The first kappa shape index (κ1) is 13.3. The quantitative estimate of drug-likeness (QED) is 0.689. The molecule has 0 aliphatic rings. The molecule has 2 aromatic carbocycles. The van der Waals surface area contributed by atoms with Crippen LogP contribution in [0.3, 0.4) is 0 Å². The van der Waals surface area contributed by atoms with E-state index in [9.17, 15) is 4.79 Å². The fourth-order valence-corrected chi connectivity index (χ4v) is 2.26. The summed E-state index contributed by atoms with van der Waals surface area (Å²) in [6, 6.07) is 14.2. The van der Waals surface area contributed by atoms with Crippen molar-refractivity contribution in [3.05, 3.63) is 58.5 Å². The molecule has 0 aliphatic carbocycles. The van der Waals surface area contributed by atoms with Gasteiger partial charge in [-0.25, -0.2) is 4.79 Å². The maximum atomic E-state index is 11.2. The average molecular weight is 282 g/mol. The number of imidazole rings is 1. The molecule has 0 bridgehead atoms. The van der Waals surface area contributed by atoms with Crippen LogP contribution in [0.5, 0.6) is 0 Å². The van der Waals surface area contributed by atoms with Gasteiger partial charge in [0.25, 0.3) is 0 Å². The summed E-state index contributed by atoms with van der Waals surface area (Å²) in [4.78, 5) is 18.8. The van der Waals surface area contributed by atoms with Gasteiger partial charge >= 0.3 is 5.69 Å². The van der Waals surface area contributed by atoms with E-state index in [0.29, 0.717) is 0 Å². The van der Waals surface area contributed by atoms with E-state index in [4.69, 9.17) is 0 Å². The van der Waals surface area contributed by atoms with Crippen LogP contribution in [0.4, 0.5) is 11.4 Å². The number of rotatable bonds is 4. The first-order valence-electron chi connectivity index (χ1n) is 6.84. The molecule has 0 fully saturated rings. The van der Waals surface area contributed by atoms with Gasteiger partial charge in [0.15, 0.2) is 0 Å².